The van der Waals surface area contributed by atoms with Gasteiger partial charge in [0.2, 0.25) is 0 Å². The predicted octanol–water partition coefficient (Wildman–Crippen LogP) is 4.70. The van der Waals surface area contributed by atoms with Crippen LogP contribution >= 0.6 is 27.7 Å². The van der Waals surface area contributed by atoms with Crippen LogP contribution < -0.4 is 9.47 Å². The van der Waals surface area contributed by atoms with Gasteiger partial charge >= 0.3 is 0 Å². The molecule has 0 spiro atoms. The maximum atomic E-state index is 12.7. The first-order valence-corrected chi connectivity index (χ1v) is 9.35. The number of ether oxygens (including phenoxy) is 2. The molecule has 0 aliphatic carbocycles. The molecule has 3 rings (SSSR count). The molecule has 0 radical (unpaired) electrons. The third-order valence-corrected chi connectivity index (χ3v) is 5.22. The van der Waals surface area contributed by atoms with E-state index in [1.165, 1.54) is 12.0 Å². The zero-order valence-corrected chi connectivity index (χ0v) is 16.6. The summed E-state index contributed by atoms with van der Waals surface area (Å²) in [4.78, 5) is 26.6. The van der Waals surface area contributed by atoms with Crippen LogP contribution in [0, 0.1) is 0 Å². The Morgan fingerprint density at radius 2 is 1.88 bits per heavy atom. The number of imide groups is 1. The van der Waals surface area contributed by atoms with Crippen molar-refractivity contribution in [2.45, 2.75) is 6.54 Å². The zero-order chi connectivity index (χ0) is 18.7. The zero-order valence-electron chi connectivity index (χ0n) is 14.2. The third-order valence-electron chi connectivity index (χ3n) is 3.82. The van der Waals surface area contributed by atoms with E-state index >= 15 is 0 Å². The summed E-state index contributed by atoms with van der Waals surface area (Å²) in [5, 5.41) is -0.289. The Hall–Kier alpha value is -2.25. The van der Waals surface area contributed by atoms with Gasteiger partial charge in [0.25, 0.3) is 11.1 Å². The van der Waals surface area contributed by atoms with E-state index in [9.17, 15) is 9.59 Å². The molecule has 1 saturated heterocycles. The van der Waals surface area contributed by atoms with E-state index in [1.54, 1.807) is 25.3 Å². The summed E-state index contributed by atoms with van der Waals surface area (Å²) in [6.45, 7) is 0.233. The van der Waals surface area contributed by atoms with Gasteiger partial charge in [-0.05, 0) is 41.6 Å². The number of carbonyl (C=O) groups is 2. The van der Waals surface area contributed by atoms with E-state index in [1.807, 2.05) is 30.3 Å². The van der Waals surface area contributed by atoms with Gasteiger partial charge in [-0.3, -0.25) is 14.5 Å². The first-order chi connectivity index (χ1) is 12.5. The van der Waals surface area contributed by atoms with Crippen molar-refractivity contribution in [1.82, 2.24) is 4.90 Å². The van der Waals surface area contributed by atoms with Crippen LogP contribution in [0.1, 0.15) is 11.1 Å². The fourth-order valence-corrected chi connectivity index (χ4v) is 3.90. The molecule has 0 saturated carbocycles. The second-order valence-electron chi connectivity index (χ2n) is 5.48. The fourth-order valence-electron chi connectivity index (χ4n) is 2.62. The quantitative estimate of drug-likeness (QED) is 0.639. The summed E-state index contributed by atoms with van der Waals surface area (Å²) >= 11 is 4.32. The van der Waals surface area contributed by atoms with Crippen molar-refractivity contribution in [3.63, 3.8) is 0 Å². The first-order valence-electron chi connectivity index (χ1n) is 7.74. The van der Waals surface area contributed by atoms with Crippen LogP contribution in [0.5, 0.6) is 11.5 Å². The van der Waals surface area contributed by atoms with Gasteiger partial charge in [-0.15, -0.1) is 0 Å². The molecule has 5 nitrogen and oxygen atoms in total. The van der Waals surface area contributed by atoms with Crippen LogP contribution in [0.25, 0.3) is 6.08 Å². The van der Waals surface area contributed by atoms with Crippen LogP contribution in [0.15, 0.2) is 51.8 Å². The number of nitrogens with zero attached hydrogens (tertiary/aromatic N) is 1. The van der Waals surface area contributed by atoms with Crippen molar-refractivity contribution in [3.05, 3.63) is 63.0 Å². The molecule has 0 N–H and O–H groups in total. The topological polar surface area (TPSA) is 55.8 Å². The fraction of sp³-hybridized carbons (Fsp3) is 0.158. The minimum atomic E-state index is -0.315. The van der Waals surface area contributed by atoms with E-state index in [2.05, 4.69) is 15.9 Å². The average Bonchev–Trinajstić information content (AvgIpc) is 2.89. The molecule has 0 aromatic heterocycles. The van der Waals surface area contributed by atoms with Gasteiger partial charge in [-0.1, -0.05) is 40.2 Å². The third kappa shape index (κ3) is 3.78. The van der Waals surface area contributed by atoms with Crippen LogP contribution in [0.2, 0.25) is 0 Å². The number of hydrogen-bond donors (Lipinski definition) is 0. The number of amides is 2. The predicted molar refractivity (Wildman–Crippen MR) is 105 cm³/mol. The van der Waals surface area contributed by atoms with Gasteiger partial charge in [0, 0.05) is 10.0 Å². The molecule has 2 amide bonds. The maximum absolute atomic E-state index is 12.7. The molecule has 7 heteroatoms. The van der Waals surface area contributed by atoms with Crippen molar-refractivity contribution in [2.75, 3.05) is 14.2 Å². The molecule has 1 fully saturated rings. The molecule has 0 unspecified atom stereocenters. The number of hydrogen-bond acceptors (Lipinski definition) is 5. The summed E-state index contributed by atoms with van der Waals surface area (Å²) in [5.41, 5.74) is 1.56. The Balaban J connectivity index is 1.88. The Labute approximate surface area is 164 Å². The number of thioether (sulfide) groups is 1. The molecule has 0 bridgehead atoms. The van der Waals surface area contributed by atoms with Crippen molar-refractivity contribution in [2.24, 2.45) is 0 Å². The molecule has 134 valence electrons. The lowest BCUT2D eigenvalue weighted by Crippen LogP contribution is -2.27. The monoisotopic (exact) mass is 433 g/mol. The molecule has 1 aliphatic heterocycles. The largest absolute Gasteiger partial charge is 0.493 e. The van der Waals surface area contributed by atoms with Crippen molar-refractivity contribution >= 4 is 44.9 Å². The Morgan fingerprint density at radius 3 is 2.58 bits per heavy atom. The van der Waals surface area contributed by atoms with Gasteiger partial charge in [0.05, 0.1) is 25.7 Å². The van der Waals surface area contributed by atoms with E-state index < -0.39 is 0 Å². The standard InChI is InChI=1S/C19H16BrNO4S/c1-24-15-8-4-6-13(17(15)25-2)10-16-18(22)21(19(23)26-16)11-12-5-3-7-14(20)9-12/h3-10H,11H2,1-2H3/b16-10+. The molecule has 0 atom stereocenters. The number of halogens is 1. The first kappa shape index (κ1) is 18.5. The maximum Gasteiger partial charge on any atom is 0.293 e. The molecule has 26 heavy (non-hydrogen) atoms. The average molecular weight is 434 g/mol. The minimum absolute atomic E-state index is 0.233. The van der Waals surface area contributed by atoms with Crippen LogP contribution in [0.3, 0.4) is 0 Å². The van der Waals surface area contributed by atoms with Crippen molar-refractivity contribution in [1.29, 1.82) is 0 Å². The van der Waals surface area contributed by atoms with Gasteiger partial charge in [0.15, 0.2) is 11.5 Å². The summed E-state index contributed by atoms with van der Waals surface area (Å²) in [6, 6.07) is 12.9. The Kier molecular flexibility index (Phi) is 5.68. The number of carbonyl (C=O) groups excluding carboxylic acids is 2. The van der Waals surface area contributed by atoms with E-state index in [-0.39, 0.29) is 17.7 Å². The number of benzene rings is 2. The van der Waals surface area contributed by atoms with Crippen LogP contribution in [-0.2, 0) is 11.3 Å². The summed E-state index contributed by atoms with van der Waals surface area (Å²) in [7, 11) is 3.09. The van der Waals surface area contributed by atoms with Crippen LogP contribution in [0.4, 0.5) is 4.79 Å². The molecular formula is C19H16BrNO4S. The van der Waals surface area contributed by atoms with Crippen molar-refractivity contribution < 1.29 is 19.1 Å². The minimum Gasteiger partial charge on any atom is -0.493 e. The van der Waals surface area contributed by atoms with E-state index in [0.717, 1.165) is 21.8 Å². The lowest BCUT2D eigenvalue weighted by molar-refractivity contribution is -0.123. The highest BCUT2D eigenvalue weighted by Gasteiger charge is 2.35. The molecule has 1 aliphatic rings. The number of rotatable bonds is 5. The molecule has 2 aromatic carbocycles. The van der Waals surface area contributed by atoms with E-state index in [4.69, 9.17) is 9.47 Å². The Morgan fingerprint density at radius 1 is 1.12 bits per heavy atom. The highest BCUT2D eigenvalue weighted by Crippen LogP contribution is 2.37. The second kappa shape index (κ2) is 7.97. The number of para-hydroxylation sites is 1. The highest BCUT2D eigenvalue weighted by molar-refractivity contribution is 9.10. The van der Waals surface area contributed by atoms with Gasteiger partial charge < -0.3 is 9.47 Å². The highest BCUT2D eigenvalue weighted by atomic mass is 79.9. The lowest BCUT2D eigenvalue weighted by Gasteiger charge is -2.13. The van der Waals surface area contributed by atoms with Gasteiger partial charge in [-0.2, -0.15) is 0 Å². The smallest absolute Gasteiger partial charge is 0.293 e. The van der Waals surface area contributed by atoms with E-state index in [0.29, 0.717) is 22.0 Å². The SMILES string of the molecule is COc1cccc(/C=C2/SC(=O)N(Cc3cccc(Br)c3)C2=O)c1OC. The lowest BCUT2D eigenvalue weighted by atomic mass is 10.1. The summed E-state index contributed by atoms with van der Waals surface area (Å²) in [6.07, 6.45) is 1.66. The summed E-state index contributed by atoms with van der Waals surface area (Å²) < 4.78 is 11.6. The Bertz CT molecular complexity index is 897. The molecular weight excluding hydrogens is 418 g/mol. The van der Waals surface area contributed by atoms with Gasteiger partial charge in [-0.25, -0.2) is 0 Å². The number of methoxy groups -OCH3 is 2. The van der Waals surface area contributed by atoms with Crippen molar-refractivity contribution in [3.8, 4) is 11.5 Å². The van der Waals surface area contributed by atoms with Crippen LogP contribution in [-0.4, -0.2) is 30.3 Å². The van der Waals surface area contributed by atoms with Gasteiger partial charge in [0.1, 0.15) is 0 Å². The molecule has 1 heterocycles. The molecule has 2 aromatic rings. The summed E-state index contributed by atoms with van der Waals surface area (Å²) in [5.74, 6) is 0.772. The second-order valence-corrected chi connectivity index (χ2v) is 7.39. The normalized spacial score (nSPS) is 15.7.